The maximum Gasteiger partial charge on any atom is 0.252 e. The average molecular weight is 418 g/mol. The minimum atomic E-state index is -0.195. The number of rotatable bonds is 5. The van der Waals surface area contributed by atoms with Gasteiger partial charge >= 0.3 is 0 Å². The van der Waals surface area contributed by atoms with Gasteiger partial charge in [0.2, 0.25) is 0 Å². The predicted octanol–water partition coefficient (Wildman–Crippen LogP) is 1.75. The van der Waals surface area contributed by atoms with Crippen molar-refractivity contribution >= 4 is 17.4 Å². The van der Waals surface area contributed by atoms with Crippen LogP contribution in [0.25, 0.3) is 28.0 Å². The first-order chi connectivity index (χ1) is 15.1. The summed E-state index contributed by atoms with van der Waals surface area (Å²) in [7, 11) is 3.47. The van der Waals surface area contributed by atoms with Crippen LogP contribution in [0.1, 0.15) is 16.8 Å². The molecule has 0 bridgehead atoms. The molecular formula is C21H22N8O2. The number of aryl methyl sites for hydroxylation is 1. The second kappa shape index (κ2) is 7.80. The minimum absolute atomic E-state index is 0.182. The summed E-state index contributed by atoms with van der Waals surface area (Å²) < 4.78 is 9.00. The summed E-state index contributed by atoms with van der Waals surface area (Å²) in [6.45, 7) is 1.37. The van der Waals surface area contributed by atoms with Gasteiger partial charge in [-0.3, -0.25) is 14.5 Å². The van der Waals surface area contributed by atoms with Gasteiger partial charge in [0.1, 0.15) is 5.82 Å². The monoisotopic (exact) mass is 418 g/mol. The molecule has 1 aliphatic heterocycles. The second-order valence-electron chi connectivity index (χ2n) is 7.45. The van der Waals surface area contributed by atoms with E-state index < -0.39 is 0 Å². The molecule has 1 atom stereocenters. The Morgan fingerprint density at radius 2 is 2.16 bits per heavy atom. The Balaban J connectivity index is 1.63. The summed E-state index contributed by atoms with van der Waals surface area (Å²) in [6, 6.07) is 3.91. The number of ether oxygens (including phenoxy) is 1. The summed E-state index contributed by atoms with van der Waals surface area (Å²) in [5, 5.41) is 15.2. The molecule has 0 aromatic carbocycles. The average Bonchev–Trinajstić information content (AvgIpc) is 3.54. The van der Waals surface area contributed by atoms with Crippen LogP contribution in [0.3, 0.4) is 0 Å². The van der Waals surface area contributed by atoms with Gasteiger partial charge in [0, 0.05) is 56.6 Å². The molecule has 0 spiro atoms. The number of carbonyl (C=O) groups excluding carboxylic acids is 1. The van der Waals surface area contributed by atoms with Crippen LogP contribution in [0.5, 0.6) is 0 Å². The van der Waals surface area contributed by atoms with Gasteiger partial charge in [0.05, 0.1) is 35.7 Å². The molecule has 5 heterocycles. The van der Waals surface area contributed by atoms with E-state index in [9.17, 15) is 4.79 Å². The molecule has 0 radical (unpaired) electrons. The highest BCUT2D eigenvalue weighted by Gasteiger charge is 2.21. The zero-order chi connectivity index (χ0) is 21.4. The van der Waals surface area contributed by atoms with Crippen LogP contribution >= 0.6 is 0 Å². The first kappa shape index (κ1) is 19.2. The third kappa shape index (κ3) is 3.61. The molecule has 4 aromatic heterocycles. The Morgan fingerprint density at radius 3 is 2.90 bits per heavy atom. The first-order valence-corrected chi connectivity index (χ1v) is 10.0. The van der Waals surface area contributed by atoms with Gasteiger partial charge < -0.3 is 15.4 Å². The topological polar surface area (TPSA) is 111 Å². The SMILES string of the molecule is CNC(=O)c1cncc(-c2cnn3cc(-c4ccn(C)n4)c(NC4CCOC4)nc23)c1. The van der Waals surface area contributed by atoms with E-state index in [-0.39, 0.29) is 11.9 Å². The summed E-state index contributed by atoms with van der Waals surface area (Å²) in [5.74, 6) is 0.527. The Labute approximate surface area is 178 Å². The Kier molecular flexibility index (Phi) is 4.83. The molecule has 0 aliphatic carbocycles. The molecule has 2 N–H and O–H groups in total. The number of carbonyl (C=O) groups is 1. The number of aromatic nitrogens is 6. The van der Waals surface area contributed by atoms with Crippen LogP contribution < -0.4 is 10.6 Å². The molecule has 10 nitrogen and oxygen atoms in total. The standard InChI is InChI=1S/C21H22N8O2/c1-22-21(30)14-7-13(8-23-9-14)16-10-24-29-11-17(18-3-5-28(2)27-18)19(26-20(16)29)25-15-4-6-31-12-15/h3,5,7-11,15H,4,6,12H2,1-2H3,(H,22,30)(H,25,26). The van der Waals surface area contributed by atoms with Crippen molar-refractivity contribution in [1.29, 1.82) is 0 Å². The van der Waals surface area contributed by atoms with E-state index in [1.54, 1.807) is 34.7 Å². The van der Waals surface area contributed by atoms with Crippen LogP contribution in [-0.2, 0) is 11.8 Å². The molecule has 158 valence electrons. The molecule has 1 saturated heterocycles. The van der Waals surface area contributed by atoms with Crippen molar-refractivity contribution in [2.24, 2.45) is 7.05 Å². The van der Waals surface area contributed by atoms with Gasteiger partial charge in [0.25, 0.3) is 5.91 Å². The smallest absolute Gasteiger partial charge is 0.252 e. The number of anilines is 1. The van der Waals surface area contributed by atoms with E-state index in [0.29, 0.717) is 17.8 Å². The van der Waals surface area contributed by atoms with Crippen LogP contribution in [0, 0.1) is 0 Å². The third-order valence-electron chi connectivity index (χ3n) is 5.29. The molecule has 1 aliphatic rings. The van der Waals surface area contributed by atoms with Crippen LogP contribution in [0.15, 0.2) is 43.1 Å². The number of amides is 1. The highest BCUT2D eigenvalue weighted by Crippen LogP contribution is 2.31. The van der Waals surface area contributed by atoms with Gasteiger partial charge in [-0.05, 0) is 18.6 Å². The van der Waals surface area contributed by atoms with Crippen molar-refractivity contribution in [2.45, 2.75) is 12.5 Å². The lowest BCUT2D eigenvalue weighted by Crippen LogP contribution is -2.20. The Bertz CT molecular complexity index is 1260. The van der Waals surface area contributed by atoms with Crippen LogP contribution in [0.2, 0.25) is 0 Å². The summed E-state index contributed by atoms with van der Waals surface area (Å²) in [4.78, 5) is 21.2. The fraction of sp³-hybridized carbons (Fsp3) is 0.286. The van der Waals surface area contributed by atoms with Crippen molar-refractivity contribution in [3.05, 3.63) is 48.7 Å². The zero-order valence-electron chi connectivity index (χ0n) is 17.2. The van der Waals surface area contributed by atoms with Gasteiger partial charge in [-0.2, -0.15) is 10.2 Å². The largest absolute Gasteiger partial charge is 0.379 e. The predicted molar refractivity (Wildman–Crippen MR) is 115 cm³/mol. The van der Waals surface area contributed by atoms with Crippen molar-refractivity contribution in [3.63, 3.8) is 0 Å². The molecule has 1 amide bonds. The second-order valence-corrected chi connectivity index (χ2v) is 7.45. The zero-order valence-corrected chi connectivity index (χ0v) is 17.2. The Morgan fingerprint density at radius 1 is 1.26 bits per heavy atom. The number of hydrogen-bond acceptors (Lipinski definition) is 7. The molecule has 4 aromatic rings. The summed E-state index contributed by atoms with van der Waals surface area (Å²) in [6.07, 6.45) is 9.70. The van der Waals surface area contributed by atoms with Gasteiger partial charge in [-0.25, -0.2) is 9.50 Å². The highest BCUT2D eigenvalue weighted by molar-refractivity contribution is 5.95. The fourth-order valence-corrected chi connectivity index (χ4v) is 3.67. The molecule has 10 heteroatoms. The van der Waals surface area contributed by atoms with Crippen molar-refractivity contribution in [2.75, 3.05) is 25.6 Å². The van der Waals surface area contributed by atoms with Gasteiger partial charge in [-0.15, -0.1) is 0 Å². The maximum absolute atomic E-state index is 12.0. The molecule has 0 saturated carbocycles. The van der Waals surface area contributed by atoms with E-state index >= 15 is 0 Å². The lowest BCUT2D eigenvalue weighted by atomic mass is 10.1. The van der Waals surface area contributed by atoms with E-state index in [1.807, 2.05) is 25.5 Å². The summed E-state index contributed by atoms with van der Waals surface area (Å²) in [5.41, 5.74) is 4.36. The quantitative estimate of drug-likeness (QED) is 0.508. The van der Waals surface area contributed by atoms with Crippen LogP contribution in [0.4, 0.5) is 5.82 Å². The van der Waals surface area contributed by atoms with Crippen molar-refractivity contribution in [3.8, 4) is 22.4 Å². The van der Waals surface area contributed by atoms with Gasteiger partial charge in [-0.1, -0.05) is 0 Å². The lowest BCUT2D eigenvalue weighted by molar-refractivity contribution is 0.0962. The lowest BCUT2D eigenvalue weighted by Gasteiger charge is -2.15. The highest BCUT2D eigenvalue weighted by atomic mass is 16.5. The molecule has 1 fully saturated rings. The number of nitrogens with one attached hydrogen (secondary N) is 2. The van der Waals surface area contributed by atoms with E-state index in [0.717, 1.165) is 41.2 Å². The van der Waals surface area contributed by atoms with Crippen molar-refractivity contribution < 1.29 is 9.53 Å². The minimum Gasteiger partial charge on any atom is -0.379 e. The maximum atomic E-state index is 12.0. The number of fused-ring (bicyclic) bond motifs is 1. The Hall–Kier alpha value is -3.79. The fourth-order valence-electron chi connectivity index (χ4n) is 3.67. The van der Waals surface area contributed by atoms with Crippen molar-refractivity contribution in [1.82, 2.24) is 34.7 Å². The molecule has 31 heavy (non-hydrogen) atoms. The normalized spacial score (nSPS) is 16.0. The summed E-state index contributed by atoms with van der Waals surface area (Å²) >= 11 is 0. The molecular weight excluding hydrogens is 396 g/mol. The van der Waals surface area contributed by atoms with Gasteiger partial charge in [0.15, 0.2) is 5.65 Å². The van der Waals surface area contributed by atoms with E-state index in [1.165, 1.54) is 6.20 Å². The molecule has 1 unspecified atom stereocenters. The molecule has 5 rings (SSSR count). The van der Waals surface area contributed by atoms with E-state index in [2.05, 4.69) is 25.8 Å². The third-order valence-corrected chi connectivity index (χ3v) is 5.29. The number of hydrogen-bond donors (Lipinski definition) is 2. The van der Waals surface area contributed by atoms with E-state index in [4.69, 9.17) is 9.72 Å². The number of pyridine rings is 1. The van der Waals surface area contributed by atoms with Crippen LogP contribution in [-0.4, -0.2) is 61.6 Å². The number of nitrogens with zero attached hydrogens (tertiary/aromatic N) is 6. The first-order valence-electron chi connectivity index (χ1n) is 10.0.